The molecule has 1 unspecified atom stereocenters. The largest absolute Gasteiger partial charge is 0.238 e. The number of aliphatic imine (C=N–C) groups is 1. The first kappa shape index (κ1) is 12.6. The minimum atomic E-state index is -1.98. The Labute approximate surface area is 95.2 Å². The highest BCUT2D eigenvalue weighted by atomic mass is 19.1. The average molecular weight is 221 g/mol. The van der Waals surface area contributed by atoms with Crippen molar-refractivity contribution < 1.29 is 9.18 Å². The van der Waals surface area contributed by atoms with Crippen LogP contribution in [0.25, 0.3) is 0 Å². The molecule has 1 aromatic rings. The van der Waals surface area contributed by atoms with Crippen molar-refractivity contribution in [2.45, 2.75) is 33.0 Å². The van der Waals surface area contributed by atoms with Crippen molar-refractivity contribution in [3.63, 3.8) is 0 Å². The summed E-state index contributed by atoms with van der Waals surface area (Å²) in [6, 6.07) is 7.11. The van der Waals surface area contributed by atoms with E-state index in [0.717, 1.165) is 12.0 Å². The molecular weight excluding hydrogens is 205 g/mol. The van der Waals surface area contributed by atoms with Crippen LogP contribution in [-0.4, -0.2) is 6.08 Å². The van der Waals surface area contributed by atoms with Crippen molar-refractivity contribution in [2.75, 3.05) is 0 Å². The first-order valence-electron chi connectivity index (χ1n) is 5.33. The lowest BCUT2D eigenvalue weighted by atomic mass is 9.98. The van der Waals surface area contributed by atoms with E-state index in [9.17, 15) is 9.18 Å². The molecule has 0 N–H and O–H groups in total. The molecule has 1 aromatic carbocycles. The fourth-order valence-electron chi connectivity index (χ4n) is 1.60. The van der Waals surface area contributed by atoms with Gasteiger partial charge in [0, 0.05) is 5.56 Å². The van der Waals surface area contributed by atoms with E-state index < -0.39 is 5.79 Å². The van der Waals surface area contributed by atoms with Gasteiger partial charge in [-0.3, -0.25) is 0 Å². The molecule has 0 saturated heterocycles. The number of rotatable bonds is 4. The minimum Gasteiger partial charge on any atom is -0.212 e. The van der Waals surface area contributed by atoms with Crippen LogP contribution in [0.1, 0.15) is 31.9 Å². The van der Waals surface area contributed by atoms with Crippen molar-refractivity contribution in [1.29, 1.82) is 0 Å². The predicted molar refractivity (Wildman–Crippen MR) is 61.6 cm³/mol. The van der Waals surface area contributed by atoms with Gasteiger partial charge < -0.3 is 0 Å². The van der Waals surface area contributed by atoms with Crippen molar-refractivity contribution in [1.82, 2.24) is 0 Å². The molecule has 0 saturated carbocycles. The molecule has 86 valence electrons. The van der Waals surface area contributed by atoms with E-state index in [0.29, 0.717) is 11.5 Å². The van der Waals surface area contributed by atoms with E-state index in [1.807, 2.05) is 6.07 Å². The molecule has 0 fully saturated rings. The van der Waals surface area contributed by atoms with Gasteiger partial charge in [-0.05, 0) is 24.8 Å². The molecule has 0 aliphatic rings. The number of isocyanates is 1. The Morgan fingerprint density at radius 1 is 1.50 bits per heavy atom. The quantitative estimate of drug-likeness (QED) is 0.435. The van der Waals surface area contributed by atoms with Crippen LogP contribution in [-0.2, 0) is 17.0 Å². The van der Waals surface area contributed by atoms with Gasteiger partial charge in [0.15, 0.2) is 0 Å². The van der Waals surface area contributed by atoms with Gasteiger partial charge in [-0.2, -0.15) is 4.99 Å². The van der Waals surface area contributed by atoms with Crippen LogP contribution < -0.4 is 0 Å². The Balaban J connectivity index is 3.02. The molecule has 16 heavy (non-hydrogen) atoms. The highest BCUT2D eigenvalue weighted by Gasteiger charge is 2.24. The van der Waals surface area contributed by atoms with Gasteiger partial charge in [-0.25, -0.2) is 9.18 Å². The molecule has 2 nitrogen and oxygen atoms in total. The third-order valence-corrected chi connectivity index (χ3v) is 2.35. The summed E-state index contributed by atoms with van der Waals surface area (Å²) in [4.78, 5) is 13.3. The monoisotopic (exact) mass is 221 g/mol. The summed E-state index contributed by atoms with van der Waals surface area (Å²) in [5, 5.41) is 0. The molecule has 0 aliphatic heterocycles. The normalized spacial score (nSPS) is 14.3. The van der Waals surface area contributed by atoms with Gasteiger partial charge in [0.05, 0.1) is 0 Å². The molecule has 0 aliphatic carbocycles. The maximum absolute atomic E-state index is 13.9. The maximum atomic E-state index is 13.9. The Kier molecular flexibility index (Phi) is 3.97. The first-order valence-corrected chi connectivity index (χ1v) is 5.33. The summed E-state index contributed by atoms with van der Waals surface area (Å²) in [6.45, 7) is 5.46. The zero-order valence-corrected chi connectivity index (χ0v) is 9.83. The molecular formula is C13H16FNO. The summed E-state index contributed by atoms with van der Waals surface area (Å²) in [5.41, 5.74) is 1.45. The predicted octanol–water partition coefficient (Wildman–Crippen LogP) is 3.36. The highest BCUT2D eigenvalue weighted by molar-refractivity contribution is 5.37. The third-order valence-electron chi connectivity index (χ3n) is 2.35. The Hall–Kier alpha value is -1.47. The maximum Gasteiger partial charge on any atom is 0.238 e. The molecule has 0 amide bonds. The number of hydrogen-bond donors (Lipinski definition) is 0. The number of halogens is 1. The molecule has 0 spiro atoms. The third kappa shape index (κ3) is 3.28. The second-order valence-corrected chi connectivity index (χ2v) is 4.45. The molecule has 0 radical (unpaired) electrons. The van der Waals surface area contributed by atoms with Gasteiger partial charge >= 0.3 is 0 Å². The number of alkyl halides is 1. The van der Waals surface area contributed by atoms with Gasteiger partial charge in [0.1, 0.15) is 0 Å². The van der Waals surface area contributed by atoms with Crippen molar-refractivity contribution in [3.8, 4) is 0 Å². The van der Waals surface area contributed by atoms with E-state index in [1.165, 1.54) is 13.0 Å². The van der Waals surface area contributed by atoms with Crippen molar-refractivity contribution >= 4 is 6.08 Å². The zero-order chi connectivity index (χ0) is 12.2. The van der Waals surface area contributed by atoms with Crippen LogP contribution in [0.2, 0.25) is 0 Å². The highest BCUT2D eigenvalue weighted by Crippen LogP contribution is 2.27. The van der Waals surface area contributed by atoms with Crippen LogP contribution in [0.15, 0.2) is 29.3 Å². The van der Waals surface area contributed by atoms with Gasteiger partial charge in [0.2, 0.25) is 11.9 Å². The lowest BCUT2D eigenvalue weighted by molar-refractivity contribution is 0.206. The molecule has 0 aromatic heterocycles. The van der Waals surface area contributed by atoms with E-state index in [4.69, 9.17) is 0 Å². The molecule has 1 atom stereocenters. The lowest BCUT2D eigenvalue weighted by Crippen LogP contribution is -2.12. The number of carbonyl (C=O) groups excluding carboxylic acids is 1. The van der Waals surface area contributed by atoms with Crippen molar-refractivity contribution in [3.05, 3.63) is 35.4 Å². The SMILES string of the molecule is CC(C)Cc1cccc(C(C)(F)N=C=O)c1. The summed E-state index contributed by atoms with van der Waals surface area (Å²) < 4.78 is 13.9. The topological polar surface area (TPSA) is 29.4 Å². The molecule has 3 heteroatoms. The fourth-order valence-corrected chi connectivity index (χ4v) is 1.60. The van der Waals surface area contributed by atoms with Crippen LogP contribution in [0, 0.1) is 5.92 Å². The van der Waals surface area contributed by atoms with E-state index in [-0.39, 0.29) is 0 Å². The fraction of sp³-hybridized carbons (Fsp3) is 0.462. The van der Waals surface area contributed by atoms with E-state index in [2.05, 4.69) is 18.8 Å². The van der Waals surface area contributed by atoms with E-state index in [1.54, 1.807) is 18.2 Å². The Bertz CT molecular complexity index is 406. The second-order valence-electron chi connectivity index (χ2n) is 4.45. The van der Waals surface area contributed by atoms with Crippen LogP contribution >= 0.6 is 0 Å². The van der Waals surface area contributed by atoms with Gasteiger partial charge in [0.25, 0.3) is 0 Å². The second kappa shape index (κ2) is 5.04. The van der Waals surface area contributed by atoms with Crippen molar-refractivity contribution in [2.24, 2.45) is 10.9 Å². The first-order chi connectivity index (χ1) is 7.45. The van der Waals surface area contributed by atoms with Crippen LogP contribution in [0.3, 0.4) is 0 Å². The Morgan fingerprint density at radius 2 is 2.19 bits per heavy atom. The summed E-state index contributed by atoms with van der Waals surface area (Å²) in [6.07, 6.45) is 2.15. The summed E-state index contributed by atoms with van der Waals surface area (Å²) in [5.74, 6) is -1.47. The standard InChI is InChI=1S/C13H16FNO/c1-10(2)7-11-5-4-6-12(8-11)13(3,14)15-9-16/h4-6,8,10H,7H2,1-3H3. The van der Waals surface area contributed by atoms with Gasteiger partial charge in [-0.15, -0.1) is 0 Å². The smallest absolute Gasteiger partial charge is 0.212 e. The van der Waals surface area contributed by atoms with E-state index >= 15 is 0 Å². The van der Waals surface area contributed by atoms with Crippen LogP contribution in [0.4, 0.5) is 4.39 Å². The number of benzene rings is 1. The van der Waals surface area contributed by atoms with Gasteiger partial charge in [-0.1, -0.05) is 38.1 Å². The number of nitrogens with zero attached hydrogens (tertiary/aromatic N) is 1. The van der Waals surface area contributed by atoms with Crippen LogP contribution in [0.5, 0.6) is 0 Å². The Morgan fingerprint density at radius 3 is 2.75 bits per heavy atom. The lowest BCUT2D eigenvalue weighted by Gasteiger charge is -2.15. The summed E-state index contributed by atoms with van der Waals surface area (Å²) in [7, 11) is 0. The zero-order valence-electron chi connectivity index (χ0n) is 9.83. The average Bonchev–Trinajstić information content (AvgIpc) is 2.17. The molecule has 1 rings (SSSR count). The number of hydrogen-bond acceptors (Lipinski definition) is 2. The summed E-state index contributed by atoms with van der Waals surface area (Å²) >= 11 is 0. The molecule has 0 heterocycles. The molecule has 0 bridgehead atoms. The minimum absolute atomic E-state index is 0.397.